The maximum absolute atomic E-state index is 11.9. The summed E-state index contributed by atoms with van der Waals surface area (Å²) < 4.78 is 5.32. The van der Waals surface area contributed by atoms with Crippen LogP contribution in [0.4, 0.5) is 0 Å². The van der Waals surface area contributed by atoms with Gasteiger partial charge in [0.1, 0.15) is 17.7 Å². The predicted octanol–water partition coefficient (Wildman–Crippen LogP) is 2.51. The first-order valence-corrected chi connectivity index (χ1v) is 5.32. The van der Waals surface area contributed by atoms with Gasteiger partial charge in [-0.2, -0.15) is 10.2 Å². The van der Waals surface area contributed by atoms with Crippen LogP contribution < -0.4 is 4.74 Å². The molecule has 82 valence electrons. The van der Waals surface area contributed by atoms with Crippen LogP contribution in [0.1, 0.15) is 25.5 Å². The van der Waals surface area contributed by atoms with E-state index in [4.69, 9.17) is 4.74 Å². The molecule has 0 aromatic heterocycles. The Morgan fingerprint density at radius 2 is 2.06 bits per heavy atom. The average Bonchev–Trinajstić information content (AvgIpc) is 2.56. The number of carbonyl (C=O) groups is 1. The second-order valence-electron chi connectivity index (χ2n) is 4.75. The van der Waals surface area contributed by atoms with Crippen molar-refractivity contribution in [2.24, 2.45) is 16.1 Å². The van der Waals surface area contributed by atoms with Gasteiger partial charge in [0.25, 0.3) is 0 Å². The zero-order chi connectivity index (χ0) is 11.3. The summed E-state index contributed by atoms with van der Waals surface area (Å²) >= 11 is 0. The van der Waals surface area contributed by atoms with Gasteiger partial charge in [-0.1, -0.05) is 18.2 Å². The van der Waals surface area contributed by atoms with Gasteiger partial charge >= 0.3 is 5.97 Å². The number of azo groups is 1. The number of nitrogens with zero attached hydrogens (tertiary/aromatic N) is 2. The Morgan fingerprint density at radius 1 is 1.31 bits per heavy atom. The fraction of sp³-hybridized carbons (Fsp3) is 0.417. The van der Waals surface area contributed by atoms with Crippen molar-refractivity contribution >= 4 is 5.97 Å². The van der Waals surface area contributed by atoms with Gasteiger partial charge in [0.05, 0.1) is 5.54 Å². The molecule has 2 heterocycles. The highest BCUT2D eigenvalue weighted by Crippen LogP contribution is 2.48. The molecule has 4 nitrogen and oxygen atoms in total. The molecule has 2 aliphatic rings. The Hall–Kier alpha value is -1.71. The lowest BCUT2D eigenvalue weighted by atomic mass is 9.80. The summed E-state index contributed by atoms with van der Waals surface area (Å²) in [4.78, 5) is 11.9. The molecule has 2 atom stereocenters. The number of hydrogen-bond donors (Lipinski definition) is 0. The highest BCUT2D eigenvalue weighted by atomic mass is 16.5. The number of benzene rings is 1. The molecule has 1 aromatic carbocycles. The first kappa shape index (κ1) is 9.51. The van der Waals surface area contributed by atoms with E-state index in [-0.39, 0.29) is 17.9 Å². The lowest BCUT2D eigenvalue weighted by Crippen LogP contribution is -2.40. The zero-order valence-corrected chi connectivity index (χ0v) is 9.18. The normalized spacial score (nSPS) is 29.5. The third-order valence-electron chi connectivity index (χ3n) is 3.22. The van der Waals surface area contributed by atoms with Crippen molar-refractivity contribution in [2.45, 2.75) is 25.4 Å². The predicted molar refractivity (Wildman–Crippen MR) is 57.2 cm³/mol. The van der Waals surface area contributed by atoms with E-state index in [2.05, 4.69) is 10.2 Å². The number of hydrogen-bond acceptors (Lipinski definition) is 4. The molecule has 0 fully saturated rings. The molecule has 16 heavy (non-hydrogen) atoms. The fourth-order valence-corrected chi connectivity index (χ4v) is 2.37. The van der Waals surface area contributed by atoms with Crippen molar-refractivity contribution in [1.82, 2.24) is 0 Å². The van der Waals surface area contributed by atoms with Crippen molar-refractivity contribution in [3.63, 3.8) is 0 Å². The van der Waals surface area contributed by atoms with Crippen molar-refractivity contribution < 1.29 is 9.53 Å². The summed E-state index contributed by atoms with van der Waals surface area (Å²) in [6.07, 6.45) is 0. The fourth-order valence-electron chi connectivity index (χ4n) is 2.37. The van der Waals surface area contributed by atoms with Crippen LogP contribution in [0, 0.1) is 5.92 Å². The molecule has 0 saturated carbocycles. The molecule has 0 aliphatic carbocycles. The second-order valence-corrected chi connectivity index (χ2v) is 4.75. The summed E-state index contributed by atoms with van der Waals surface area (Å²) in [5.41, 5.74) is 0.497. The summed E-state index contributed by atoms with van der Waals surface area (Å²) in [5, 5.41) is 8.41. The Morgan fingerprint density at radius 3 is 2.88 bits per heavy atom. The van der Waals surface area contributed by atoms with E-state index in [0.717, 1.165) is 5.56 Å². The van der Waals surface area contributed by atoms with Crippen LogP contribution in [0.25, 0.3) is 0 Å². The zero-order valence-electron chi connectivity index (χ0n) is 9.18. The maximum atomic E-state index is 11.9. The van der Waals surface area contributed by atoms with Crippen LogP contribution in [0.2, 0.25) is 0 Å². The first-order chi connectivity index (χ1) is 7.59. The summed E-state index contributed by atoms with van der Waals surface area (Å²) in [5.74, 6) is 0.103. The average molecular weight is 216 g/mol. The van der Waals surface area contributed by atoms with Gasteiger partial charge < -0.3 is 4.74 Å². The van der Waals surface area contributed by atoms with Gasteiger partial charge in [-0.25, -0.2) is 0 Å². The third-order valence-corrected chi connectivity index (χ3v) is 3.22. The van der Waals surface area contributed by atoms with E-state index in [9.17, 15) is 4.79 Å². The van der Waals surface area contributed by atoms with Crippen LogP contribution in [0.3, 0.4) is 0 Å². The number of esters is 1. The van der Waals surface area contributed by atoms with Gasteiger partial charge in [0, 0.05) is 5.56 Å². The van der Waals surface area contributed by atoms with Crippen LogP contribution >= 0.6 is 0 Å². The second kappa shape index (κ2) is 2.90. The molecule has 0 radical (unpaired) electrons. The third kappa shape index (κ3) is 1.13. The number of fused-ring (bicyclic) bond motifs is 3. The van der Waals surface area contributed by atoms with Crippen molar-refractivity contribution in [3.05, 3.63) is 29.8 Å². The van der Waals surface area contributed by atoms with Gasteiger partial charge in [-0.3, -0.25) is 4.79 Å². The largest absolute Gasteiger partial charge is 0.426 e. The SMILES string of the molecule is CC1(C)N=NC2c3ccccc3OC(=O)C21. The molecule has 0 N–H and O–H groups in total. The van der Waals surface area contributed by atoms with Crippen LogP contribution in [-0.4, -0.2) is 11.5 Å². The highest BCUT2D eigenvalue weighted by Gasteiger charge is 2.51. The molecule has 1 aromatic rings. The van der Waals surface area contributed by atoms with Crippen LogP contribution in [0.5, 0.6) is 5.75 Å². The monoisotopic (exact) mass is 216 g/mol. The number of para-hydroxylation sites is 1. The van der Waals surface area contributed by atoms with Crippen molar-refractivity contribution in [2.75, 3.05) is 0 Å². The van der Waals surface area contributed by atoms with E-state index in [0.29, 0.717) is 5.75 Å². The van der Waals surface area contributed by atoms with Crippen LogP contribution in [0.15, 0.2) is 34.5 Å². The molecule has 0 saturated heterocycles. The minimum absolute atomic E-state index is 0.174. The number of carbonyl (C=O) groups excluding carboxylic acids is 1. The quantitative estimate of drug-likeness (QED) is 0.494. The Labute approximate surface area is 93.3 Å². The smallest absolute Gasteiger partial charge is 0.319 e. The summed E-state index contributed by atoms with van der Waals surface area (Å²) in [6.45, 7) is 3.83. The minimum atomic E-state index is -0.463. The van der Waals surface area contributed by atoms with Gasteiger partial charge in [0.15, 0.2) is 0 Å². The molecule has 4 heteroatoms. The van der Waals surface area contributed by atoms with E-state index >= 15 is 0 Å². The van der Waals surface area contributed by atoms with E-state index in [1.807, 2.05) is 32.0 Å². The maximum Gasteiger partial charge on any atom is 0.319 e. The van der Waals surface area contributed by atoms with E-state index in [1.54, 1.807) is 6.07 Å². The lowest BCUT2D eigenvalue weighted by Gasteiger charge is -2.30. The molecule has 2 unspecified atom stereocenters. The Bertz CT molecular complexity index is 494. The molecule has 0 spiro atoms. The summed E-state index contributed by atoms with van der Waals surface area (Å²) in [7, 11) is 0. The Balaban J connectivity index is 2.15. The van der Waals surface area contributed by atoms with Crippen LogP contribution in [-0.2, 0) is 4.79 Å². The first-order valence-electron chi connectivity index (χ1n) is 5.32. The topological polar surface area (TPSA) is 51.0 Å². The highest BCUT2D eigenvalue weighted by molar-refractivity contribution is 5.81. The van der Waals surface area contributed by atoms with Gasteiger partial charge in [0.2, 0.25) is 0 Å². The van der Waals surface area contributed by atoms with E-state index < -0.39 is 5.54 Å². The molecule has 0 amide bonds. The molecule has 2 aliphatic heterocycles. The molecule has 0 bridgehead atoms. The van der Waals surface area contributed by atoms with Crippen molar-refractivity contribution in [3.8, 4) is 5.75 Å². The van der Waals surface area contributed by atoms with Gasteiger partial charge in [-0.15, -0.1) is 0 Å². The standard InChI is InChI=1S/C12H12N2O2/c1-12(2)9-10(13-14-12)7-5-3-4-6-8(7)16-11(9)15/h3-6,9-10H,1-2H3. The lowest BCUT2D eigenvalue weighted by molar-refractivity contribution is -0.142. The number of rotatable bonds is 0. The Kier molecular flexibility index (Phi) is 1.73. The molecule has 3 rings (SSSR count). The molecular weight excluding hydrogens is 204 g/mol. The minimum Gasteiger partial charge on any atom is -0.426 e. The number of ether oxygens (including phenoxy) is 1. The van der Waals surface area contributed by atoms with Crippen molar-refractivity contribution in [1.29, 1.82) is 0 Å². The van der Waals surface area contributed by atoms with E-state index in [1.165, 1.54) is 0 Å². The summed E-state index contributed by atoms with van der Waals surface area (Å²) in [6, 6.07) is 7.34. The van der Waals surface area contributed by atoms with Gasteiger partial charge in [-0.05, 0) is 19.9 Å². The molecular formula is C12H12N2O2.